The molecule has 0 spiro atoms. The van der Waals surface area contributed by atoms with Crippen molar-refractivity contribution in [1.29, 1.82) is 0 Å². The summed E-state index contributed by atoms with van der Waals surface area (Å²) in [4.78, 5) is 14.4. The van der Waals surface area contributed by atoms with Gasteiger partial charge in [-0.05, 0) is 32.1 Å². The molecule has 2 bridgehead atoms. The summed E-state index contributed by atoms with van der Waals surface area (Å²) >= 11 is 0. The fourth-order valence-corrected chi connectivity index (χ4v) is 3.35. The van der Waals surface area contributed by atoms with E-state index >= 15 is 0 Å². The number of hydrogen-bond acceptors (Lipinski definition) is 3. The molecule has 3 fully saturated rings. The Bertz CT molecular complexity index is 286. The maximum absolute atomic E-state index is 12.3. The van der Waals surface area contributed by atoms with Gasteiger partial charge in [0.15, 0.2) is 0 Å². The summed E-state index contributed by atoms with van der Waals surface area (Å²) in [5.41, 5.74) is 0. The summed E-state index contributed by atoms with van der Waals surface area (Å²) in [5, 5.41) is 6.72. The standard InChI is InChI=1S/C12H21N3O/c1-8-5-14-11(6-13-8)12(16)15-7-9-2-3-10(15)4-9/h8-11,13-14H,2-7H2,1H3. The molecule has 0 radical (unpaired) electrons. The van der Waals surface area contributed by atoms with Crippen molar-refractivity contribution < 1.29 is 4.79 Å². The van der Waals surface area contributed by atoms with Crippen LogP contribution in [-0.4, -0.2) is 48.6 Å². The minimum Gasteiger partial charge on any atom is -0.338 e. The van der Waals surface area contributed by atoms with Crippen molar-refractivity contribution >= 4 is 5.91 Å². The summed E-state index contributed by atoms with van der Waals surface area (Å²) in [5.74, 6) is 1.12. The fourth-order valence-electron chi connectivity index (χ4n) is 3.35. The van der Waals surface area contributed by atoms with Crippen molar-refractivity contribution in [1.82, 2.24) is 15.5 Å². The normalized spacial score (nSPS) is 42.7. The number of piperazine rings is 1. The highest BCUT2D eigenvalue weighted by atomic mass is 16.2. The van der Waals surface area contributed by atoms with Crippen LogP contribution in [0.1, 0.15) is 26.2 Å². The van der Waals surface area contributed by atoms with E-state index in [9.17, 15) is 4.79 Å². The zero-order valence-electron chi connectivity index (χ0n) is 9.91. The quantitative estimate of drug-likeness (QED) is 0.655. The van der Waals surface area contributed by atoms with Crippen LogP contribution >= 0.6 is 0 Å². The fraction of sp³-hybridized carbons (Fsp3) is 0.917. The van der Waals surface area contributed by atoms with Crippen LogP contribution in [0.3, 0.4) is 0 Å². The first-order valence-corrected chi connectivity index (χ1v) is 6.51. The molecule has 2 saturated heterocycles. The number of likely N-dealkylation sites (tertiary alicyclic amines) is 1. The first kappa shape index (κ1) is 10.5. The van der Waals surface area contributed by atoms with Crippen LogP contribution in [0, 0.1) is 5.92 Å². The summed E-state index contributed by atoms with van der Waals surface area (Å²) in [7, 11) is 0. The third-order valence-electron chi connectivity index (χ3n) is 4.33. The summed E-state index contributed by atoms with van der Waals surface area (Å²) in [6.45, 7) is 4.84. The van der Waals surface area contributed by atoms with E-state index in [1.165, 1.54) is 19.3 Å². The third-order valence-corrected chi connectivity index (χ3v) is 4.33. The Morgan fingerprint density at radius 2 is 2.12 bits per heavy atom. The predicted molar refractivity (Wildman–Crippen MR) is 62.1 cm³/mol. The largest absolute Gasteiger partial charge is 0.338 e. The van der Waals surface area contributed by atoms with Gasteiger partial charge in [-0.25, -0.2) is 0 Å². The molecule has 2 heterocycles. The van der Waals surface area contributed by atoms with E-state index in [4.69, 9.17) is 0 Å². The van der Waals surface area contributed by atoms with E-state index in [2.05, 4.69) is 22.5 Å². The lowest BCUT2D eigenvalue weighted by atomic mass is 10.1. The lowest BCUT2D eigenvalue weighted by Crippen LogP contribution is -2.60. The molecular formula is C12H21N3O. The number of fused-ring (bicyclic) bond motifs is 2. The van der Waals surface area contributed by atoms with Gasteiger partial charge < -0.3 is 15.5 Å². The van der Waals surface area contributed by atoms with Gasteiger partial charge in [-0.3, -0.25) is 4.79 Å². The van der Waals surface area contributed by atoms with Gasteiger partial charge in [0.05, 0.1) is 6.04 Å². The number of rotatable bonds is 1. The Kier molecular flexibility index (Phi) is 2.64. The van der Waals surface area contributed by atoms with Crippen molar-refractivity contribution in [3.8, 4) is 0 Å². The van der Waals surface area contributed by atoms with Crippen LogP contribution in [0.2, 0.25) is 0 Å². The highest BCUT2D eigenvalue weighted by Crippen LogP contribution is 2.37. The van der Waals surface area contributed by atoms with Crippen molar-refractivity contribution in [2.75, 3.05) is 19.6 Å². The van der Waals surface area contributed by atoms with Crippen LogP contribution < -0.4 is 10.6 Å². The smallest absolute Gasteiger partial charge is 0.241 e. The first-order valence-electron chi connectivity index (χ1n) is 6.51. The molecular weight excluding hydrogens is 202 g/mol. The zero-order chi connectivity index (χ0) is 11.1. The lowest BCUT2D eigenvalue weighted by molar-refractivity contribution is -0.135. The van der Waals surface area contributed by atoms with E-state index in [0.29, 0.717) is 18.0 Å². The second-order valence-electron chi connectivity index (χ2n) is 5.59. The van der Waals surface area contributed by atoms with E-state index in [0.717, 1.165) is 25.6 Å². The number of carbonyl (C=O) groups is 1. The van der Waals surface area contributed by atoms with Crippen molar-refractivity contribution in [3.63, 3.8) is 0 Å². The van der Waals surface area contributed by atoms with Gasteiger partial charge in [-0.1, -0.05) is 0 Å². The summed E-state index contributed by atoms with van der Waals surface area (Å²) < 4.78 is 0. The topological polar surface area (TPSA) is 44.4 Å². The maximum atomic E-state index is 12.3. The average Bonchev–Trinajstić information content (AvgIpc) is 2.91. The number of carbonyl (C=O) groups excluding carboxylic acids is 1. The van der Waals surface area contributed by atoms with Crippen LogP contribution in [0.4, 0.5) is 0 Å². The van der Waals surface area contributed by atoms with Gasteiger partial charge in [0.2, 0.25) is 5.91 Å². The Hall–Kier alpha value is -0.610. The molecule has 1 aliphatic carbocycles. The summed E-state index contributed by atoms with van der Waals surface area (Å²) in [6.07, 6.45) is 3.82. The number of nitrogens with zero attached hydrogens (tertiary/aromatic N) is 1. The van der Waals surface area contributed by atoms with Crippen LogP contribution in [-0.2, 0) is 4.79 Å². The van der Waals surface area contributed by atoms with Gasteiger partial charge in [0.25, 0.3) is 0 Å². The molecule has 4 unspecified atom stereocenters. The highest BCUT2D eigenvalue weighted by Gasteiger charge is 2.42. The lowest BCUT2D eigenvalue weighted by Gasteiger charge is -2.34. The van der Waals surface area contributed by atoms with Crippen LogP contribution in [0.25, 0.3) is 0 Å². The second-order valence-corrected chi connectivity index (χ2v) is 5.59. The molecule has 2 aliphatic heterocycles. The van der Waals surface area contributed by atoms with E-state index < -0.39 is 0 Å². The number of nitrogens with one attached hydrogen (secondary N) is 2. The molecule has 16 heavy (non-hydrogen) atoms. The zero-order valence-corrected chi connectivity index (χ0v) is 9.91. The van der Waals surface area contributed by atoms with E-state index in [-0.39, 0.29) is 6.04 Å². The number of hydrogen-bond donors (Lipinski definition) is 2. The molecule has 0 aromatic heterocycles. The Balaban J connectivity index is 1.61. The Morgan fingerprint density at radius 3 is 2.69 bits per heavy atom. The second kappa shape index (κ2) is 4.00. The monoisotopic (exact) mass is 223 g/mol. The molecule has 2 N–H and O–H groups in total. The Labute approximate surface area is 96.8 Å². The molecule has 0 aromatic rings. The van der Waals surface area contributed by atoms with Crippen LogP contribution in [0.15, 0.2) is 0 Å². The predicted octanol–water partition coefficient (Wildman–Crippen LogP) is -0.0528. The number of piperidine rings is 1. The van der Waals surface area contributed by atoms with Crippen molar-refractivity contribution in [2.45, 2.75) is 44.3 Å². The van der Waals surface area contributed by atoms with E-state index in [1.807, 2.05) is 0 Å². The van der Waals surface area contributed by atoms with Crippen molar-refractivity contribution in [3.05, 3.63) is 0 Å². The van der Waals surface area contributed by atoms with Gasteiger partial charge in [-0.15, -0.1) is 0 Å². The third kappa shape index (κ3) is 1.74. The first-order chi connectivity index (χ1) is 7.74. The van der Waals surface area contributed by atoms with Gasteiger partial charge in [0, 0.05) is 31.7 Å². The molecule has 1 amide bonds. The molecule has 90 valence electrons. The maximum Gasteiger partial charge on any atom is 0.241 e. The minimum absolute atomic E-state index is 0.00977. The minimum atomic E-state index is 0.00977. The molecule has 4 heteroatoms. The molecule has 3 aliphatic rings. The van der Waals surface area contributed by atoms with Gasteiger partial charge in [0.1, 0.15) is 0 Å². The molecule has 3 rings (SSSR count). The molecule has 4 atom stereocenters. The Morgan fingerprint density at radius 1 is 1.25 bits per heavy atom. The molecule has 0 aromatic carbocycles. The number of amides is 1. The average molecular weight is 223 g/mol. The van der Waals surface area contributed by atoms with Crippen LogP contribution in [0.5, 0.6) is 0 Å². The molecule has 1 saturated carbocycles. The highest BCUT2D eigenvalue weighted by molar-refractivity contribution is 5.83. The SMILES string of the molecule is CC1CNC(C(=O)N2CC3CCC2C3)CN1. The van der Waals surface area contributed by atoms with Gasteiger partial charge in [-0.2, -0.15) is 0 Å². The molecule has 4 nitrogen and oxygen atoms in total. The van der Waals surface area contributed by atoms with E-state index in [1.54, 1.807) is 0 Å². The van der Waals surface area contributed by atoms with Gasteiger partial charge >= 0.3 is 0 Å². The van der Waals surface area contributed by atoms with Crippen molar-refractivity contribution in [2.24, 2.45) is 5.92 Å². The summed E-state index contributed by atoms with van der Waals surface area (Å²) in [6, 6.07) is 1.05.